The predicted molar refractivity (Wildman–Crippen MR) is 75.1 cm³/mol. The number of hydrogen-bond donors (Lipinski definition) is 1. The zero-order chi connectivity index (χ0) is 13.4. The Hall–Kier alpha value is -1.06. The van der Waals surface area contributed by atoms with Gasteiger partial charge in [0.05, 0.1) is 13.7 Å². The highest BCUT2D eigenvalue weighted by atomic mass is 16.5. The molecule has 1 aromatic rings. The van der Waals surface area contributed by atoms with Crippen LogP contribution in [0.5, 0.6) is 5.75 Å². The predicted octanol–water partition coefficient (Wildman–Crippen LogP) is 3.16. The van der Waals surface area contributed by atoms with Crippen molar-refractivity contribution in [2.24, 2.45) is 0 Å². The SMILES string of the molecule is CCCC(COC)NC(C)c1ccc(OC)cc1. The third kappa shape index (κ3) is 4.67. The first-order valence-electron chi connectivity index (χ1n) is 6.60. The van der Waals surface area contributed by atoms with Crippen molar-refractivity contribution in [2.45, 2.75) is 38.8 Å². The van der Waals surface area contributed by atoms with E-state index in [0.717, 1.165) is 25.2 Å². The molecule has 18 heavy (non-hydrogen) atoms. The van der Waals surface area contributed by atoms with Crippen molar-refractivity contribution in [2.75, 3.05) is 20.8 Å². The van der Waals surface area contributed by atoms with E-state index in [1.807, 2.05) is 12.1 Å². The van der Waals surface area contributed by atoms with Crippen molar-refractivity contribution in [3.05, 3.63) is 29.8 Å². The molecule has 0 aliphatic heterocycles. The zero-order valence-electron chi connectivity index (χ0n) is 11.9. The lowest BCUT2D eigenvalue weighted by Crippen LogP contribution is -2.35. The highest BCUT2D eigenvalue weighted by Crippen LogP contribution is 2.18. The first kappa shape index (κ1) is 15.0. The van der Waals surface area contributed by atoms with Gasteiger partial charge in [-0.3, -0.25) is 0 Å². The van der Waals surface area contributed by atoms with E-state index in [9.17, 15) is 0 Å². The van der Waals surface area contributed by atoms with Gasteiger partial charge in [0.25, 0.3) is 0 Å². The van der Waals surface area contributed by atoms with Gasteiger partial charge in [-0.15, -0.1) is 0 Å². The minimum atomic E-state index is 0.322. The van der Waals surface area contributed by atoms with Crippen molar-refractivity contribution >= 4 is 0 Å². The number of hydrogen-bond acceptors (Lipinski definition) is 3. The molecule has 0 spiro atoms. The third-order valence-corrected chi connectivity index (χ3v) is 3.11. The lowest BCUT2D eigenvalue weighted by atomic mass is 10.1. The Morgan fingerprint density at radius 1 is 1.17 bits per heavy atom. The second kappa shape index (κ2) is 8.11. The maximum Gasteiger partial charge on any atom is 0.118 e. The maximum absolute atomic E-state index is 5.25. The summed E-state index contributed by atoms with van der Waals surface area (Å²) in [4.78, 5) is 0. The fraction of sp³-hybridized carbons (Fsp3) is 0.600. The van der Waals surface area contributed by atoms with Gasteiger partial charge in [0.2, 0.25) is 0 Å². The lowest BCUT2D eigenvalue weighted by molar-refractivity contribution is 0.157. The fourth-order valence-electron chi connectivity index (χ4n) is 2.11. The molecule has 0 aliphatic rings. The molecule has 1 aromatic carbocycles. The van der Waals surface area contributed by atoms with Gasteiger partial charge in [0.1, 0.15) is 5.75 Å². The molecule has 1 N–H and O–H groups in total. The minimum absolute atomic E-state index is 0.322. The summed E-state index contributed by atoms with van der Waals surface area (Å²) in [6.07, 6.45) is 2.30. The summed E-state index contributed by atoms with van der Waals surface area (Å²) in [7, 11) is 3.44. The van der Waals surface area contributed by atoms with E-state index >= 15 is 0 Å². The molecule has 3 nitrogen and oxygen atoms in total. The summed E-state index contributed by atoms with van der Waals surface area (Å²) in [6, 6.07) is 8.94. The Morgan fingerprint density at radius 2 is 1.83 bits per heavy atom. The first-order chi connectivity index (χ1) is 8.71. The number of nitrogens with one attached hydrogen (secondary N) is 1. The van der Waals surface area contributed by atoms with Crippen LogP contribution in [0.15, 0.2) is 24.3 Å². The summed E-state index contributed by atoms with van der Waals surface area (Å²) >= 11 is 0. The van der Waals surface area contributed by atoms with Gasteiger partial charge >= 0.3 is 0 Å². The van der Waals surface area contributed by atoms with Crippen LogP contribution >= 0.6 is 0 Å². The minimum Gasteiger partial charge on any atom is -0.497 e. The smallest absolute Gasteiger partial charge is 0.118 e. The molecule has 0 heterocycles. The molecule has 0 amide bonds. The largest absolute Gasteiger partial charge is 0.497 e. The van der Waals surface area contributed by atoms with Crippen molar-refractivity contribution in [1.82, 2.24) is 5.32 Å². The van der Waals surface area contributed by atoms with Crippen molar-refractivity contribution < 1.29 is 9.47 Å². The molecule has 0 radical (unpaired) electrons. The molecule has 0 bridgehead atoms. The molecule has 2 unspecified atom stereocenters. The third-order valence-electron chi connectivity index (χ3n) is 3.11. The summed E-state index contributed by atoms with van der Waals surface area (Å²) in [5.74, 6) is 0.896. The number of benzene rings is 1. The Kier molecular flexibility index (Phi) is 6.76. The second-order valence-electron chi connectivity index (χ2n) is 4.60. The summed E-state index contributed by atoms with van der Waals surface area (Å²) < 4.78 is 10.4. The molecule has 0 fully saturated rings. The van der Waals surface area contributed by atoms with Crippen LogP contribution in [0.2, 0.25) is 0 Å². The molecule has 102 valence electrons. The van der Waals surface area contributed by atoms with E-state index in [4.69, 9.17) is 9.47 Å². The van der Waals surface area contributed by atoms with Crippen LogP contribution in [0.4, 0.5) is 0 Å². The second-order valence-corrected chi connectivity index (χ2v) is 4.60. The normalized spacial score (nSPS) is 14.2. The fourth-order valence-corrected chi connectivity index (χ4v) is 2.11. The van der Waals surface area contributed by atoms with Gasteiger partial charge in [0.15, 0.2) is 0 Å². The highest BCUT2D eigenvalue weighted by Gasteiger charge is 2.12. The van der Waals surface area contributed by atoms with Gasteiger partial charge in [-0.25, -0.2) is 0 Å². The molecule has 0 saturated carbocycles. The van der Waals surface area contributed by atoms with Crippen molar-refractivity contribution in [3.63, 3.8) is 0 Å². The molecule has 1 rings (SSSR count). The van der Waals surface area contributed by atoms with E-state index in [-0.39, 0.29) is 0 Å². The standard InChI is InChI=1S/C15H25NO2/c1-5-6-14(11-17-3)16-12(2)13-7-9-15(18-4)10-8-13/h7-10,12,14,16H,5-6,11H2,1-4H3. The molecule has 2 atom stereocenters. The Morgan fingerprint density at radius 3 is 2.33 bits per heavy atom. The van der Waals surface area contributed by atoms with E-state index < -0.39 is 0 Å². The average Bonchev–Trinajstić information content (AvgIpc) is 2.39. The van der Waals surface area contributed by atoms with E-state index in [1.54, 1.807) is 14.2 Å². The molecule has 0 aliphatic carbocycles. The number of methoxy groups -OCH3 is 2. The van der Waals surface area contributed by atoms with Gasteiger partial charge in [-0.1, -0.05) is 25.5 Å². The number of rotatable bonds is 8. The lowest BCUT2D eigenvalue weighted by Gasteiger charge is -2.23. The van der Waals surface area contributed by atoms with Gasteiger partial charge in [0, 0.05) is 19.2 Å². The van der Waals surface area contributed by atoms with Gasteiger partial charge < -0.3 is 14.8 Å². The van der Waals surface area contributed by atoms with Crippen LogP contribution < -0.4 is 10.1 Å². The molecule has 0 aromatic heterocycles. The van der Waals surface area contributed by atoms with Crippen LogP contribution in [0.3, 0.4) is 0 Å². The van der Waals surface area contributed by atoms with Crippen molar-refractivity contribution in [1.29, 1.82) is 0 Å². The van der Waals surface area contributed by atoms with Crippen LogP contribution in [0.25, 0.3) is 0 Å². The van der Waals surface area contributed by atoms with Crippen LogP contribution in [-0.2, 0) is 4.74 Å². The van der Waals surface area contributed by atoms with Crippen molar-refractivity contribution in [3.8, 4) is 5.75 Å². The van der Waals surface area contributed by atoms with Gasteiger partial charge in [-0.2, -0.15) is 0 Å². The van der Waals surface area contributed by atoms with Crippen LogP contribution in [-0.4, -0.2) is 26.9 Å². The maximum atomic E-state index is 5.25. The van der Waals surface area contributed by atoms with Crippen LogP contribution in [0, 0.1) is 0 Å². The van der Waals surface area contributed by atoms with E-state index in [2.05, 4.69) is 31.3 Å². The molecule has 0 saturated heterocycles. The topological polar surface area (TPSA) is 30.5 Å². The van der Waals surface area contributed by atoms with Gasteiger partial charge in [-0.05, 0) is 31.0 Å². The Balaban J connectivity index is 2.58. The molecular formula is C15H25NO2. The monoisotopic (exact) mass is 251 g/mol. The van der Waals surface area contributed by atoms with E-state index in [0.29, 0.717) is 12.1 Å². The summed E-state index contributed by atoms with van der Waals surface area (Å²) in [5.41, 5.74) is 1.27. The summed E-state index contributed by atoms with van der Waals surface area (Å²) in [5, 5.41) is 3.61. The van der Waals surface area contributed by atoms with E-state index in [1.165, 1.54) is 5.56 Å². The highest BCUT2D eigenvalue weighted by molar-refractivity contribution is 5.28. The Labute approximate surface area is 110 Å². The number of ether oxygens (including phenoxy) is 2. The molecular weight excluding hydrogens is 226 g/mol. The zero-order valence-corrected chi connectivity index (χ0v) is 11.9. The average molecular weight is 251 g/mol. The quantitative estimate of drug-likeness (QED) is 0.770. The summed E-state index contributed by atoms with van der Waals surface area (Å²) in [6.45, 7) is 5.14. The Bertz CT molecular complexity index is 318. The first-order valence-corrected chi connectivity index (χ1v) is 6.60. The molecule has 3 heteroatoms. The van der Waals surface area contributed by atoms with Crippen LogP contribution in [0.1, 0.15) is 38.3 Å².